The standard InChI is InChI=1S/C26H22N4.C21H16N2.C16H12N2O2.2C6H6.4C3H6O.C2H6O2S.C2H6O.3C2H6.8CH4/c1-17-23(19-9-5-3-6-10-19)29-25(27-17)21-13-15-22(16-14-21)26-28-18(2)24(30-26)20-11-7-4-8-12-20;1-4-10-16(11-5-1)19-20(17-12-6-2-7-13-17)23-21(22-19)18-14-8-3-9-15-18;1-9-17-13-7-11(3-5-15(13)19-9)12-4-6-16-14(8-12)18-10(2)20-16;2*1-2-4-6-5-3-1;4*1-3(2)4;1-5(2,3)4;1-3-2;3*1-2;;;;;;;;/h3-16H,1-2H3,(H,27,29)(H,28,30);1-15H,(H,22,23);3-8H,1-2H3;2*1-6H;4*1-2H3;1-2H3;1-2H3;3*1-2H3;8*1H4/p+1. The summed E-state index contributed by atoms with van der Waals surface area (Å²) in [7, 11) is 0.583. The van der Waals surface area contributed by atoms with Crippen LogP contribution in [-0.2, 0) is 33.8 Å². The van der Waals surface area contributed by atoms with E-state index in [2.05, 4.69) is 146 Å². The third-order valence-electron chi connectivity index (χ3n) is 13.9. The number of imidazole rings is 3. The van der Waals surface area contributed by atoms with Crippen LogP contribution in [0.4, 0.5) is 0 Å². The number of ether oxygens (including phenoxy) is 1. The van der Waals surface area contributed by atoms with Gasteiger partial charge in [-0.25, -0.2) is 38.3 Å². The highest BCUT2D eigenvalue weighted by molar-refractivity contribution is 7.89. The summed E-state index contributed by atoms with van der Waals surface area (Å²) in [6, 6.07) is 96.0. The minimum atomic E-state index is -2.67. The molecule has 0 fully saturated rings. The zero-order valence-corrected chi connectivity index (χ0v) is 71.8. The molecule has 0 amide bonds. The highest BCUT2D eigenvalue weighted by Gasteiger charge is 2.19. The highest BCUT2D eigenvalue weighted by Crippen LogP contribution is 2.34. The second-order valence-electron chi connectivity index (χ2n) is 25.2. The van der Waals surface area contributed by atoms with E-state index in [0.717, 1.165) is 131 Å². The van der Waals surface area contributed by atoms with Gasteiger partial charge < -0.3 is 42.7 Å². The van der Waals surface area contributed by atoms with Crippen molar-refractivity contribution in [1.82, 2.24) is 34.9 Å². The molecule has 0 radical (unpaired) electrons. The van der Waals surface area contributed by atoms with Gasteiger partial charge in [-0.3, -0.25) is 0 Å². The first-order chi connectivity index (χ1) is 55.1. The van der Waals surface area contributed by atoms with Crippen LogP contribution in [0.3, 0.4) is 0 Å². The Hall–Kier alpha value is -12.6. The van der Waals surface area contributed by atoms with Gasteiger partial charge in [0, 0.05) is 86.6 Å². The fraction of sp³-hybridized carbons (Fsp3) is 0.286. The van der Waals surface area contributed by atoms with Gasteiger partial charge in [-0.15, -0.1) is 0 Å². The van der Waals surface area contributed by atoms with E-state index >= 15 is 0 Å². The number of aryl methyl sites for hydroxylation is 4. The van der Waals surface area contributed by atoms with Crippen molar-refractivity contribution in [3.05, 3.63) is 308 Å². The lowest BCUT2D eigenvalue weighted by molar-refractivity contribution is -0.349. The smallest absolute Gasteiger partial charge is 0.285 e. The first-order valence-electron chi connectivity index (χ1n) is 38.0. The number of oxazole rings is 2. The van der Waals surface area contributed by atoms with Crippen LogP contribution in [-0.4, -0.2) is 93.2 Å². The number of sulfone groups is 1. The Morgan fingerprint density at radius 3 is 0.886 bits per heavy atom. The van der Waals surface area contributed by atoms with Crippen LogP contribution in [0.5, 0.6) is 0 Å². The van der Waals surface area contributed by atoms with Crippen LogP contribution in [0.1, 0.15) is 180 Å². The van der Waals surface area contributed by atoms with Gasteiger partial charge in [0.15, 0.2) is 28.6 Å². The summed E-state index contributed by atoms with van der Waals surface area (Å²) >= 11 is 0. The summed E-state index contributed by atoms with van der Waals surface area (Å²) in [5.41, 5.74) is 19.7. The number of aromatic amines is 4. The van der Waals surface area contributed by atoms with Crippen LogP contribution >= 0.6 is 0 Å². The molecule has 0 aliphatic carbocycles. The normalized spacial score (nSPS) is 8.93. The Bertz CT molecular complexity index is 4870. The number of nitrogens with one attached hydrogen (secondary N) is 4. The van der Waals surface area contributed by atoms with E-state index < -0.39 is 9.84 Å². The number of hydrogen-bond acceptors (Lipinski definition) is 13. The van der Waals surface area contributed by atoms with E-state index in [4.69, 9.17) is 18.8 Å². The minimum Gasteiger partial charge on any atom is -0.441 e. The molecular formula is C105H149N8O9S+. The Kier molecular flexibility index (Phi) is 70.4. The van der Waals surface area contributed by atoms with Gasteiger partial charge in [-0.2, -0.15) is 0 Å². The maximum Gasteiger partial charge on any atom is 0.285 e. The van der Waals surface area contributed by atoms with Gasteiger partial charge in [0.1, 0.15) is 61.3 Å². The first kappa shape index (κ1) is 124. The topological polar surface area (TPSA) is 251 Å². The fourth-order valence-electron chi connectivity index (χ4n) is 9.75. The quantitative estimate of drug-likeness (QED) is 0.128. The molecule has 10 aromatic carbocycles. The van der Waals surface area contributed by atoms with E-state index in [1.807, 2.05) is 243 Å². The van der Waals surface area contributed by atoms with Crippen molar-refractivity contribution in [3.8, 4) is 90.3 Å². The largest absolute Gasteiger partial charge is 0.441 e. The third kappa shape index (κ3) is 49.6. The zero-order valence-electron chi connectivity index (χ0n) is 71.0. The van der Waals surface area contributed by atoms with Crippen molar-refractivity contribution in [1.29, 1.82) is 0 Å². The summed E-state index contributed by atoms with van der Waals surface area (Å²) in [5.74, 6) is 4.80. The first-order valence-corrected chi connectivity index (χ1v) is 40.3. The van der Waals surface area contributed by atoms with Gasteiger partial charge in [-0.1, -0.05) is 350 Å². The number of hydrogen-bond donors (Lipinski definition) is 3. The van der Waals surface area contributed by atoms with Crippen molar-refractivity contribution in [2.24, 2.45) is 0 Å². The molecule has 0 bridgehead atoms. The number of nitrogens with zero attached hydrogens (tertiary/aromatic N) is 4. The summed E-state index contributed by atoms with van der Waals surface area (Å²) < 4.78 is 34.5. The predicted molar refractivity (Wildman–Crippen MR) is 532 cm³/mol. The number of rotatable bonds is 8. The molecule has 17 nitrogen and oxygen atoms in total. The number of benzene rings is 10. The van der Waals surface area contributed by atoms with Crippen molar-refractivity contribution in [2.45, 2.75) is 184 Å². The van der Waals surface area contributed by atoms with Gasteiger partial charge in [0.05, 0.1) is 22.6 Å². The number of Topliss-reactive ketones (excluding diaryl/α,β-unsaturated/α-hetero) is 4. The molecule has 0 atom stereocenters. The van der Waals surface area contributed by atoms with Crippen LogP contribution in [0.25, 0.3) is 113 Å². The highest BCUT2D eigenvalue weighted by atomic mass is 32.2. The molecule has 5 heterocycles. The van der Waals surface area contributed by atoms with Crippen molar-refractivity contribution in [3.63, 3.8) is 0 Å². The molecular weight excluding hydrogens is 1550 g/mol. The van der Waals surface area contributed by atoms with Crippen molar-refractivity contribution < 1.29 is 46.2 Å². The molecule has 5 aromatic heterocycles. The lowest BCUT2D eigenvalue weighted by atomic mass is 10.0. The summed E-state index contributed by atoms with van der Waals surface area (Å²) in [6.07, 6.45) is 2.32. The molecule has 15 rings (SSSR count). The Balaban J connectivity index is -0.000000262. The molecule has 668 valence electrons. The Morgan fingerprint density at radius 2 is 0.561 bits per heavy atom. The van der Waals surface area contributed by atoms with Gasteiger partial charge in [0.25, 0.3) is 5.82 Å². The second kappa shape index (κ2) is 70.1. The second-order valence-corrected chi connectivity index (χ2v) is 27.5. The van der Waals surface area contributed by atoms with E-state index in [9.17, 15) is 27.6 Å². The Morgan fingerprint density at radius 1 is 0.317 bits per heavy atom. The lowest BCUT2D eigenvalue weighted by Crippen LogP contribution is -2.05. The van der Waals surface area contributed by atoms with Crippen molar-refractivity contribution in [2.75, 3.05) is 26.7 Å². The number of carbonyl (C=O) groups excluding carboxylic acids is 4. The third-order valence-corrected chi connectivity index (χ3v) is 13.9. The molecule has 18 heteroatoms. The number of methoxy groups -OCH3 is 1. The fourth-order valence-corrected chi connectivity index (χ4v) is 9.75. The SMILES string of the molecule is C.C.C.C.C.C.C.C.CC.CC.CC.CC(C)=O.CC(C)=O.CC(C)=O.CC(C)=O.COC.CS(C)(=O)=O.Cc1[nH]c(-c2ccc(-c3[nH]c(C)c(-c4ccccc4)[nH+]3)cc2)nc1-c1ccccc1.Cc1nc2cc(-c3ccc4oc(C)nc4c3)ccc2o1.c1ccc(-c2nc(-c3ccccc3)c(-c3ccccc3)[nH]2)cc1.c1ccccc1.c1ccccc1. The molecule has 0 saturated heterocycles. The molecule has 4 N–H and O–H groups in total. The van der Waals surface area contributed by atoms with Gasteiger partial charge >= 0.3 is 0 Å². The van der Waals surface area contributed by atoms with Crippen LogP contribution < -0.4 is 4.98 Å². The summed E-state index contributed by atoms with van der Waals surface area (Å²) in [4.78, 5) is 70.2. The molecule has 15 aromatic rings. The van der Waals surface area contributed by atoms with Crippen LogP contribution in [0.2, 0.25) is 0 Å². The van der Waals surface area contributed by atoms with E-state index in [0.29, 0.717) is 11.8 Å². The molecule has 0 unspecified atom stereocenters. The molecule has 123 heavy (non-hydrogen) atoms. The zero-order chi connectivity index (χ0) is 85.7. The molecule has 0 saturated carbocycles. The van der Waals surface area contributed by atoms with E-state index in [-0.39, 0.29) is 82.5 Å². The minimum absolute atomic E-state index is 0. The van der Waals surface area contributed by atoms with Crippen LogP contribution in [0, 0.1) is 27.7 Å². The monoisotopic (exact) mass is 1700 g/mol. The number of ketones is 4. The summed E-state index contributed by atoms with van der Waals surface area (Å²) in [5, 5.41) is 0. The number of carbonyl (C=O) groups is 4. The Labute approximate surface area is 741 Å². The number of fused-ring (bicyclic) bond motifs is 2. The number of aromatic nitrogens is 8. The summed E-state index contributed by atoms with van der Waals surface area (Å²) in [6.45, 7) is 32.1. The average Bonchev–Trinajstić information content (AvgIpc) is 1.67. The van der Waals surface area contributed by atoms with Crippen molar-refractivity contribution >= 4 is 55.2 Å². The number of H-pyrrole nitrogens is 4. The van der Waals surface area contributed by atoms with Crippen LogP contribution in [0.15, 0.2) is 294 Å². The van der Waals surface area contributed by atoms with E-state index in [1.165, 1.54) is 61.0 Å². The van der Waals surface area contributed by atoms with Gasteiger partial charge in [-0.05, 0) is 110 Å². The maximum atomic E-state index is 9.63. The predicted octanol–water partition coefficient (Wildman–Crippen LogP) is 29.3. The lowest BCUT2D eigenvalue weighted by Gasteiger charge is -2.02. The maximum absolute atomic E-state index is 9.63. The molecule has 0 aliphatic rings. The molecule has 0 spiro atoms. The van der Waals surface area contributed by atoms with E-state index in [1.54, 1.807) is 14.2 Å². The molecule has 0 aliphatic heterocycles. The average molecular weight is 1700 g/mol. The van der Waals surface area contributed by atoms with Gasteiger partial charge in [0.2, 0.25) is 0 Å².